The molecule has 8 atom stereocenters. The average molecular weight is 486 g/mol. The van der Waals surface area contributed by atoms with Crippen LogP contribution in [-0.2, 0) is 14.3 Å². The minimum Gasteiger partial charge on any atom is -0.361 e. The molecule has 182 valence electrons. The zero-order chi connectivity index (χ0) is 24.5. The van der Waals surface area contributed by atoms with E-state index in [-0.39, 0.29) is 46.7 Å². The van der Waals surface area contributed by atoms with Gasteiger partial charge in [-0.25, -0.2) is 0 Å². The van der Waals surface area contributed by atoms with E-state index in [1.807, 2.05) is 42.5 Å². The van der Waals surface area contributed by atoms with Gasteiger partial charge in [-0.2, -0.15) is 0 Å². The number of ether oxygens (including phenoxy) is 1. The quantitative estimate of drug-likeness (QED) is 0.364. The first kappa shape index (κ1) is 20.5. The Morgan fingerprint density at radius 2 is 1.14 bits per heavy atom. The number of carbonyl (C=O) groups excluding carboxylic acids is 2. The summed E-state index contributed by atoms with van der Waals surface area (Å²) in [5.74, 6) is 0.141. The van der Waals surface area contributed by atoms with Crippen molar-refractivity contribution in [2.75, 3.05) is 4.90 Å². The van der Waals surface area contributed by atoms with Crippen molar-refractivity contribution in [3.8, 4) is 0 Å². The summed E-state index contributed by atoms with van der Waals surface area (Å²) in [6.45, 7) is 0. The molecule has 6 aliphatic rings. The zero-order valence-corrected chi connectivity index (χ0v) is 20.4. The predicted molar refractivity (Wildman–Crippen MR) is 139 cm³/mol. The highest BCUT2D eigenvalue weighted by Gasteiger charge is 2.96. The summed E-state index contributed by atoms with van der Waals surface area (Å²) in [4.78, 5) is 29.9. The van der Waals surface area contributed by atoms with Crippen molar-refractivity contribution in [2.24, 2.45) is 35.5 Å². The van der Waals surface area contributed by atoms with Crippen LogP contribution in [0.1, 0.15) is 30.4 Å². The SMILES string of the molecule is O=C1[C@@H]2[C@H](C(=O)N1c1ccccc1)[C@H]1C(=C(c3ccccc3)c3ccccc3)[C@H]2[C@@]23O[C@]12[C@H]1CC[C@H]3C1. The van der Waals surface area contributed by atoms with Crippen LogP contribution in [0.4, 0.5) is 5.69 Å². The third-order valence-electron chi connectivity index (χ3n) is 10.7. The molecule has 4 bridgehead atoms. The molecule has 2 aliphatic heterocycles. The Morgan fingerprint density at radius 3 is 1.62 bits per heavy atom. The van der Waals surface area contributed by atoms with Crippen LogP contribution in [0.3, 0.4) is 0 Å². The van der Waals surface area contributed by atoms with Crippen molar-refractivity contribution in [3.05, 3.63) is 108 Å². The van der Waals surface area contributed by atoms with Crippen LogP contribution < -0.4 is 4.90 Å². The molecule has 2 amide bonds. The molecule has 0 unspecified atom stereocenters. The van der Waals surface area contributed by atoms with Gasteiger partial charge in [-0.3, -0.25) is 14.5 Å². The summed E-state index contributed by atoms with van der Waals surface area (Å²) in [6, 6.07) is 30.6. The fraction of sp³-hybridized carbons (Fsp3) is 0.333. The summed E-state index contributed by atoms with van der Waals surface area (Å²) in [6.07, 6.45) is 3.55. The van der Waals surface area contributed by atoms with Gasteiger partial charge in [0.1, 0.15) is 11.2 Å². The molecule has 0 N–H and O–H groups in total. The van der Waals surface area contributed by atoms with Gasteiger partial charge in [-0.05, 0) is 65.5 Å². The smallest absolute Gasteiger partial charge is 0.238 e. The number of para-hydroxylation sites is 1. The monoisotopic (exact) mass is 485 g/mol. The Kier molecular flexibility index (Phi) is 3.71. The van der Waals surface area contributed by atoms with Gasteiger partial charge in [-0.15, -0.1) is 0 Å². The van der Waals surface area contributed by atoms with Crippen LogP contribution in [0.2, 0.25) is 0 Å². The van der Waals surface area contributed by atoms with Gasteiger partial charge < -0.3 is 4.74 Å². The average Bonchev–Trinajstić information content (AvgIpc) is 3.31. The molecular weight excluding hydrogens is 458 g/mol. The number of benzene rings is 3. The molecule has 3 aromatic carbocycles. The normalized spacial score (nSPS) is 39.7. The maximum absolute atomic E-state index is 14.2. The Bertz CT molecular complexity index is 1420. The second-order valence-electron chi connectivity index (χ2n) is 11.8. The third-order valence-corrected chi connectivity index (χ3v) is 10.7. The molecule has 37 heavy (non-hydrogen) atoms. The van der Waals surface area contributed by atoms with Crippen molar-refractivity contribution >= 4 is 23.1 Å². The molecule has 6 fully saturated rings. The van der Waals surface area contributed by atoms with Crippen LogP contribution >= 0.6 is 0 Å². The molecule has 2 heterocycles. The highest BCUT2D eigenvalue weighted by molar-refractivity contribution is 6.23. The molecule has 4 heteroatoms. The van der Waals surface area contributed by atoms with Crippen molar-refractivity contribution < 1.29 is 14.3 Å². The second-order valence-corrected chi connectivity index (χ2v) is 11.8. The number of nitrogens with zero attached hydrogens (tertiary/aromatic N) is 1. The first-order valence-electron chi connectivity index (χ1n) is 13.7. The van der Waals surface area contributed by atoms with E-state index in [9.17, 15) is 9.59 Å². The van der Waals surface area contributed by atoms with Crippen LogP contribution in [0.5, 0.6) is 0 Å². The lowest BCUT2D eigenvalue weighted by Gasteiger charge is -2.32. The number of imide groups is 1. The summed E-state index contributed by atoms with van der Waals surface area (Å²) < 4.78 is 6.91. The standard InChI is InChI=1S/C33H27NO3/c35-30-26-27(31(36)34(30)23-14-8-3-9-15-23)29-25(28(26)32-21-16-17-22(18-21)33(29,32)37-32)24(19-10-4-1-5-11-19)20-12-6-2-7-13-20/h1-15,21-22,26-29H,16-18H2/t21-,22-,26-,27+,28+,29+,32+,33+/m0/s1. The van der Waals surface area contributed by atoms with Gasteiger partial charge in [0, 0.05) is 11.8 Å². The molecule has 9 rings (SSSR count). The number of fused-ring (bicyclic) bond motifs is 7. The number of anilines is 1. The minimum absolute atomic E-state index is 0.0343. The van der Waals surface area contributed by atoms with Gasteiger partial charge in [0.25, 0.3) is 0 Å². The molecule has 0 spiro atoms. The second kappa shape index (κ2) is 6.68. The first-order valence-corrected chi connectivity index (χ1v) is 13.7. The van der Waals surface area contributed by atoms with E-state index in [2.05, 4.69) is 48.5 Å². The number of hydrogen-bond acceptors (Lipinski definition) is 3. The molecule has 4 saturated carbocycles. The Hall–Kier alpha value is -3.50. The number of rotatable bonds is 3. The first-order chi connectivity index (χ1) is 18.2. The fourth-order valence-corrected chi connectivity index (χ4v) is 9.78. The van der Waals surface area contributed by atoms with Gasteiger partial charge in [0.2, 0.25) is 11.8 Å². The van der Waals surface area contributed by atoms with Crippen molar-refractivity contribution in [1.82, 2.24) is 0 Å². The number of amides is 2. The lowest BCUT2D eigenvalue weighted by molar-refractivity contribution is -0.123. The van der Waals surface area contributed by atoms with Gasteiger partial charge >= 0.3 is 0 Å². The van der Waals surface area contributed by atoms with Gasteiger partial charge in [0.15, 0.2) is 0 Å². The van der Waals surface area contributed by atoms with Gasteiger partial charge in [-0.1, -0.05) is 78.9 Å². The largest absolute Gasteiger partial charge is 0.361 e. The zero-order valence-electron chi connectivity index (χ0n) is 20.4. The number of hydrogen-bond donors (Lipinski definition) is 0. The molecule has 0 radical (unpaired) electrons. The molecule has 2 saturated heterocycles. The van der Waals surface area contributed by atoms with Crippen molar-refractivity contribution in [1.29, 1.82) is 0 Å². The topological polar surface area (TPSA) is 49.9 Å². The van der Waals surface area contributed by atoms with Crippen molar-refractivity contribution in [3.63, 3.8) is 0 Å². The van der Waals surface area contributed by atoms with E-state index in [0.717, 1.165) is 11.1 Å². The summed E-state index contributed by atoms with van der Waals surface area (Å²) >= 11 is 0. The van der Waals surface area contributed by atoms with E-state index < -0.39 is 0 Å². The third kappa shape index (κ3) is 2.15. The number of epoxide rings is 1. The molecule has 4 aliphatic carbocycles. The summed E-state index contributed by atoms with van der Waals surface area (Å²) in [7, 11) is 0. The molecule has 3 aromatic rings. The predicted octanol–water partition coefficient (Wildman–Crippen LogP) is 5.49. The van der Waals surface area contributed by atoms with E-state index in [4.69, 9.17) is 4.74 Å². The fourth-order valence-electron chi connectivity index (χ4n) is 9.78. The highest BCUT2D eigenvalue weighted by atomic mass is 16.6. The van der Waals surface area contributed by atoms with Crippen LogP contribution in [-0.4, -0.2) is 23.0 Å². The maximum Gasteiger partial charge on any atom is 0.238 e. The summed E-state index contributed by atoms with van der Waals surface area (Å²) in [5.41, 5.74) is 5.03. The van der Waals surface area contributed by atoms with E-state index >= 15 is 0 Å². The number of carbonyl (C=O) groups is 2. The Balaban J connectivity index is 1.31. The Labute approximate surface area is 215 Å². The minimum atomic E-state index is -0.342. The lowest BCUT2D eigenvalue weighted by atomic mass is 9.64. The van der Waals surface area contributed by atoms with E-state index in [1.165, 1.54) is 35.3 Å². The Morgan fingerprint density at radius 1 is 0.676 bits per heavy atom. The van der Waals surface area contributed by atoms with Crippen LogP contribution in [0, 0.1) is 35.5 Å². The van der Waals surface area contributed by atoms with Crippen LogP contribution in [0.15, 0.2) is 96.6 Å². The van der Waals surface area contributed by atoms with E-state index in [0.29, 0.717) is 17.5 Å². The molecular formula is C33H27NO3. The maximum atomic E-state index is 14.2. The van der Waals surface area contributed by atoms with Gasteiger partial charge in [0.05, 0.1) is 17.5 Å². The van der Waals surface area contributed by atoms with Crippen LogP contribution in [0.25, 0.3) is 5.57 Å². The van der Waals surface area contributed by atoms with Crippen molar-refractivity contribution in [2.45, 2.75) is 30.5 Å². The van der Waals surface area contributed by atoms with E-state index in [1.54, 1.807) is 0 Å². The summed E-state index contributed by atoms with van der Waals surface area (Å²) in [5, 5.41) is 0. The molecule has 4 nitrogen and oxygen atoms in total. The molecule has 0 aromatic heterocycles. The highest BCUT2D eigenvalue weighted by Crippen LogP contribution is 2.88. The lowest BCUT2D eigenvalue weighted by Crippen LogP contribution is -2.46.